The number of piperidine rings is 1. The van der Waals surface area contributed by atoms with E-state index < -0.39 is 11.7 Å². The molecular formula is C15H18ClF3N2. The lowest BCUT2D eigenvalue weighted by molar-refractivity contribution is -0.137. The van der Waals surface area contributed by atoms with E-state index in [1.807, 2.05) is 4.90 Å². The van der Waals surface area contributed by atoms with Crippen LogP contribution >= 0.6 is 11.6 Å². The molecule has 2 fully saturated rings. The van der Waals surface area contributed by atoms with Crippen LogP contribution in [0, 0.1) is 0 Å². The number of benzene rings is 1. The average Bonchev–Trinajstić information content (AvgIpc) is 2.45. The topological polar surface area (TPSA) is 6.48 Å². The fourth-order valence-corrected chi connectivity index (χ4v) is 3.54. The molecule has 0 aliphatic carbocycles. The summed E-state index contributed by atoms with van der Waals surface area (Å²) in [4.78, 5) is 4.49. The Morgan fingerprint density at radius 2 is 1.86 bits per heavy atom. The van der Waals surface area contributed by atoms with Crippen LogP contribution in [0.25, 0.3) is 0 Å². The molecule has 21 heavy (non-hydrogen) atoms. The molecular weight excluding hydrogens is 301 g/mol. The van der Waals surface area contributed by atoms with Gasteiger partial charge in [0, 0.05) is 36.4 Å². The zero-order valence-electron chi connectivity index (χ0n) is 11.7. The van der Waals surface area contributed by atoms with Crippen molar-refractivity contribution in [3.63, 3.8) is 0 Å². The van der Waals surface area contributed by atoms with Crippen LogP contribution in [0.5, 0.6) is 0 Å². The molecule has 2 aliphatic rings. The van der Waals surface area contributed by atoms with Gasteiger partial charge in [0.1, 0.15) is 0 Å². The second kappa shape index (κ2) is 5.69. The first-order valence-electron chi connectivity index (χ1n) is 7.30. The molecule has 6 heteroatoms. The highest BCUT2D eigenvalue weighted by molar-refractivity contribution is 6.30. The van der Waals surface area contributed by atoms with Crippen molar-refractivity contribution in [2.24, 2.45) is 0 Å². The molecule has 1 atom stereocenters. The quantitative estimate of drug-likeness (QED) is 0.771. The van der Waals surface area contributed by atoms with Crippen LogP contribution in [-0.4, -0.2) is 37.1 Å². The van der Waals surface area contributed by atoms with Crippen LogP contribution in [0.2, 0.25) is 5.02 Å². The van der Waals surface area contributed by atoms with Gasteiger partial charge in [-0.3, -0.25) is 4.90 Å². The lowest BCUT2D eigenvalue weighted by atomic mass is 9.99. The standard InChI is InChI=1S/C15H18ClF3N2/c16-12-7-11(15(17,18)19)8-14(9-12)21-6-5-20-4-2-1-3-13(20)10-21/h7-9,13H,1-6,10H2. The monoisotopic (exact) mass is 318 g/mol. The lowest BCUT2D eigenvalue weighted by Crippen LogP contribution is -2.54. The Balaban J connectivity index is 1.82. The third-order valence-electron chi connectivity index (χ3n) is 4.41. The van der Waals surface area contributed by atoms with Crippen molar-refractivity contribution in [2.75, 3.05) is 31.1 Å². The maximum atomic E-state index is 12.9. The molecule has 0 bridgehead atoms. The summed E-state index contributed by atoms with van der Waals surface area (Å²) in [5, 5.41) is 0.144. The maximum absolute atomic E-state index is 12.9. The third-order valence-corrected chi connectivity index (χ3v) is 4.63. The van der Waals surface area contributed by atoms with Crippen LogP contribution in [0.4, 0.5) is 18.9 Å². The van der Waals surface area contributed by atoms with E-state index in [1.54, 1.807) is 6.07 Å². The van der Waals surface area contributed by atoms with E-state index in [4.69, 9.17) is 11.6 Å². The molecule has 2 nitrogen and oxygen atoms in total. The zero-order chi connectivity index (χ0) is 15.0. The number of rotatable bonds is 1. The Hall–Kier alpha value is -0.940. The number of fused-ring (bicyclic) bond motifs is 1. The third kappa shape index (κ3) is 3.29. The summed E-state index contributed by atoms with van der Waals surface area (Å²) in [5.41, 5.74) is -0.0869. The summed E-state index contributed by atoms with van der Waals surface area (Å²) in [6.07, 6.45) is -0.792. The number of halogens is 4. The van der Waals surface area contributed by atoms with E-state index in [0.29, 0.717) is 11.7 Å². The van der Waals surface area contributed by atoms with Crippen molar-refractivity contribution in [3.8, 4) is 0 Å². The molecule has 0 amide bonds. The van der Waals surface area contributed by atoms with Gasteiger partial charge in [0.05, 0.1) is 5.56 Å². The molecule has 1 unspecified atom stereocenters. The highest BCUT2D eigenvalue weighted by Gasteiger charge is 2.33. The number of alkyl halides is 3. The first kappa shape index (κ1) is 15.0. The molecule has 0 radical (unpaired) electrons. The number of piperazine rings is 1. The van der Waals surface area contributed by atoms with Gasteiger partial charge in [-0.2, -0.15) is 13.2 Å². The Morgan fingerprint density at radius 3 is 2.62 bits per heavy atom. The fraction of sp³-hybridized carbons (Fsp3) is 0.600. The Kier molecular flexibility index (Phi) is 4.06. The zero-order valence-corrected chi connectivity index (χ0v) is 12.4. The first-order chi connectivity index (χ1) is 9.93. The molecule has 116 valence electrons. The highest BCUT2D eigenvalue weighted by Crippen LogP contribution is 2.35. The van der Waals surface area contributed by atoms with E-state index >= 15 is 0 Å². The molecule has 0 aromatic heterocycles. The number of hydrogen-bond acceptors (Lipinski definition) is 2. The summed E-state index contributed by atoms with van der Waals surface area (Å²) in [6, 6.07) is 4.29. The minimum atomic E-state index is -4.35. The first-order valence-corrected chi connectivity index (χ1v) is 7.68. The van der Waals surface area contributed by atoms with Crippen molar-refractivity contribution in [1.29, 1.82) is 0 Å². The van der Waals surface area contributed by atoms with Gasteiger partial charge in [-0.05, 0) is 37.6 Å². The summed E-state index contributed by atoms with van der Waals surface area (Å²) in [5.74, 6) is 0. The van der Waals surface area contributed by atoms with E-state index in [1.165, 1.54) is 18.9 Å². The van der Waals surface area contributed by atoms with Crippen LogP contribution in [-0.2, 0) is 6.18 Å². The van der Waals surface area contributed by atoms with Gasteiger partial charge in [0.25, 0.3) is 0 Å². The lowest BCUT2D eigenvalue weighted by Gasteiger charge is -2.45. The van der Waals surface area contributed by atoms with Crippen LogP contribution in [0.1, 0.15) is 24.8 Å². The number of anilines is 1. The van der Waals surface area contributed by atoms with E-state index in [2.05, 4.69) is 4.90 Å². The Labute approximate surface area is 127 Å². The van der Waals surface area contributed by atoms with Gasteiger partial charge in [0.15, 0.2) is 0 Å². The molecule has 1 aromatic rings. The van der Waals surface area contributed by atoms with Crippen LogP contribution in [0.15, 0.2) is 18.2 Å². The summed E-state index contributed by atoms with van der Waals surface area (Å²) < 4.78 is 38.7. The van der Waals surface area contributed by atoms with Crippen molar-refractivity contribution in [3.05, 3.63) is 28.8 Å². The minimum absolute atomic E-state index is 0.144. The van der Waals surface area contributed by atoms with Gasteiger partial charge in [-0.15, -0.1) is 0 Å². The fourth-order valence-electron chi connectivity index (χ4n) is 3.31. The predicted octanol–water partition coefficient (Wildman–Crippen LogP) is 4.03. The molecule has 2 saturated heterocycles. The average molecular weight is 319 g/mol. The van der Waals surface area contributed by atoms with Crippen LogP contribution in [0.3, 0.4) is 0 Å². The van der Waals surface area contributed by atoms with E-state index in [9.17, 15) is 13.2 Å². The van der Waals surface area contributed by atoms with Gasteiger partial charge < -0.3 is 4.90 Å². The predicted molar refractivity (Wildman–Crippen MR) is 77.9 cm³/mol. The molecule has 0 N–H and O–H groups in total. The normalized spacial score (nSPS) is 24.0. The van der Waals surface area contributed by atoms with Gasteiger partial charge in [0.2, 0.25) is 0 Å². The molecule has 2 aliphatic heterocycles. The second-order valence-corrected chi connectivity index (χ2v) is 6.26. The molecule has 0 spiro atoms. The van der Waals surface area contributed by atoms with Gasteiger partial charge >= 0.3 is 6.18 Å². The van der Waals surface area contributed by atoms with Gasteiger partial charge in [-0.25, -0.2) is 0 Å². The smallest absolute Gasteiger partial charge is 0.369 e. The Morgan fingerprint density at radius 1 is 1.05 bits per heavy atom. The number of hydrogen-bond donors (Lipinski definition) is 0. The van der Waals surface area contributed by atoms with E-state index in [-0.39, 0.29) is 5.02 Å². The summed E-state index contributed by atoms with van der Waals surface area (Å²) in [7, 11) is 0. The van der Waals surface area contributed by atoms with Crippen molar-refractivity contribution >= 4 is 17.3 Å². The maximum Gasteiger partial charge on any atom is 0.416 e. The molecule has 3 rings (SSSR count). The molecule has 1 aromatic carbocycles. The minimum Gasteiger partial charge on any atom is -0.369 e. The van der Waals surface area contributed by atoms with Crippen molar-refractivity contribution in [2.45, 2.75) is 31.5 Å². The highest BCUT2D eigenvalue weighted by atomic mass is 35.5. The SMILES string of the molecule is FC(F)(F)c1cc(Cl)cc(N2CCN3CCCCC3C2)c1. The summed E-state index contributed by atoms with van der Waals surface area (Å²) in [6.45, 7) is 3.58. The van der Waals surface area contributed by atoms with Crippen LogP contribution < -0.4 is 4.90 Å². The second-order valence-electron chi connectivity index (χ2n) is 5.83. The Bertz CT molecular complexity index is 518. The summed E-state index contributed by atoms with van der Waals surface area (Å²) >= 11 is 5.88. The van der Waals surface area contributed by atoms with Crippen molar-refractivity contribution in [1.82, 2.24) is 4.90 Å². The van der Waals surface area contributed by atoms with Gasteiger partial charge in [-0.1, -0.05) is 18.0 Å². The van der Waals surface area contributed by atoms with Crippen molar-refractivity contribution < 1.29 is 13.2 Å². The largest absolute Gasteiger partial charge is 0.416 e. The molecule has 2 heterocycles. The number of nitrogens with zero attached hydrogens (tertiary/aromatic N) is 2. The molecule has 0 saturated carbocycles. The van der Waals surface area contributed by atoms with E-state index in [0.717, 1.165) is 38.7 Å².